The molecule has 8 heteroatoms. The van der Waals surface area contributed by atoms with Gasteiger partial charge in [-0.3, -0.25) is 0 Å². The van der Waals surface area contributed by atoms with Crippen LogP contribution in [0.25, 0.3) is 11.4 Å². The van der Waals surface area contributed by atoms with Crippen molar-refractivity contribution in [1.29, 1.82) is 0 Å². The first-order valence-electron chi connectivity index (χ1n) is 8.30. The number of rotatable bonds is 3. The van der Waals surface area contributed by atoms with Crippen molar-refractivity contribution in [2.45, 2.75) is 31.7 Å². The molecule has 0 aliphatic carbocycles. The number of hydrogen-bond donors (Lipinski definition) is 0. The van der Waals surface area contributed by atoms with Crippen molar-refractivity contribution in [3.63, 3.8) is 0 Å². The van der Waals surface area contributed by atoms with Crippen LogP contribution < -0.4 is 0 Å². The van der Waals surface area contributed by atoms with Gasteiger partial charge in [-0.1, -0.05) is 35.5 Å². The Morgan fingerprint density at radius 1 is 1.15 bits per heavy atom. The molecule has 4 rings (SSSR count). The Bertz CT molecular complexity index is 1040. The molecule has 7 nitrogen and oxygen atoms in total. The Hall–Kier alpha value is -2.58. The van der Waals surface area contributed by atoms with Crippen LogP contribution in [-0.2, 0) is 23.0 Å². The molecule has 2 aromatic heterocycles. The lowest BCUT2D eigenvalue weighted by Crippen LogP contribution is -2.37. The van der Waals surface area contributed by atoms with Gasteiger partial charge in [0.1, 0.15) is 10.6 Å². The van der Waals surface area contributed by atoms with Gasteiger partial charge in [0, 0.05) is 36.8 Å². The van der Waals surface area contributed by atoms with E-state index in [1.54, 1.807) is 20.0 Å². The summed E-state index contributed by atoms with van der Waals surface area (Å²) in [5.74, 6) is 0.968. The van der Waals surface area contributed by atoms with Gasteiger partial charge in [0.25, 0.3) is 0 Å². The van der Waals surface area contributed by atoms with Gasteiger partial charge in [0.15, 0.2) is 11.6 Å². The Balaban J connectivity index is 1.65. The summed E-state index contributed by atoms with van der Waals surface area (Å²) in [6, 6.07) is 9.74. The summed E-state index contributed by atoms with van der Waals surface area (Å²) in [6.45, 7) is 3.86. The summed E-state index contributed by atoms with van der Waals surface area (Å²) in [6.07, 6.45) is 2.26. The molecule has 26 heavy (non-hydrogen) atoms. The van der Waals surface area contributed by atoms with Crippen molar-refractivity contribution in [3.05, 3.63) is 59.2 Å². The molecule has 0 saturated heterocycles. The van der Waals surface area contributed by atoms with Crippen molar-refractivity contribution in [2.24, 2.45) is 0 Å². The van der Waals surface area contributed by atoms with Crippen LogP contribution >= 0.6 is 0 Å². The molecule has 3 aromatic rings. The topological polar surface area (TPSA) is 89.2 Å². The first kappa shape index (κ1) is 16.9. The summed E-state index contributed by atoms with van der Waals surface area (Å²) in [5.41, 5.74) is 3.04. The highest BCUT2D eigenvalue weighted by Crippen LogP contribution is 2.28. The smallest absolute Gasteiger partial charge is 0.248 e. The maximum absolute atomic E-state index is 13.0. The molecule has 0 saturated carbocycles. The van der Waals surface area contributed by atoms with Crippen molar-refractivity contribution in [1.82, 2.24) is 19.4 Å². The highest BCUT2D eigenvalue weighted by molar-refractivity contribution is 7.89. The average molecular weight is 370 g/mol. The van der Waals surface area contributed by atoms with Crippen LogP contribution in [0.1, 0.15) is 22.7 Å². The fraction of sp³-hybridized carbons (Fsp3) is 0.278. The standard InChI is InChI=1S/C18H18N4O3S/c1-12-17(13(2)25-21-12)26(23,24)22-9-8-16-15(11-22)10-19-18(20-16)14-6-4-3-5-7-14/h3-7,10H,8-9,11H2,1-2H3. The molecule has 1 aliphatic heterocycles. The van der Waals surface area contributed by atoms with E-state index in [2.05, 4.69) is 15.1 Å². The Labute approximate surface area is 151 Å². The van der Waals surface area contributed by atoms with E-state index in [4.69, 9.17) is 4.52 Å². The van der Waals surface area contributed by atoms with Gasteiger partial charge < -0.3 is 4.52 Å². The second kappa shape index (κ2) is 6.30. The van der Waals surface area contributed by atoms with Crippen molar-refractivity contribution < 1.29 is 12.9 Å². The molecule has 1 aliphatic rings. The molecule has 1 aromatic carbocycles. The van der Waals surface area contributed by atoms with Gasteiger partial charge in [0.2, 0.25) is 10.0 Å². The van der Waals surface area contributed by atoms with Crippen LogP contribution in [0.5, 0.6) is 0 Å². The zero-order chi connectivity index (χ0) is 18.3. The van der Waals surface area contributed by atoms with E-state index < -0.39 is 10.0 Å². The summed E-state index contributed by atoms with van der Waals surface area (Å²) < 4.78 is 32.4. The highest BCUT2D eigenvalue weighted by Gasteiger charge is 2.33. The predicted molar refractivity (Wildman–Crippen MR) is 94.7 cm³/mol. The van der Waals surface area contributed by atoms with Crippen LogP contribution in [0.15, 0.2) is 45.9 Å². The fourth-order valence-corrected chi connectivity index (χ4v) is 4.90. The molecule has 0 bridgehead atoms. The summed E-state index contributed by atoms with van der Waals surface area (Å²) >= 11 is 0. The molecule has 0 spiro atoms. The third-order valence-electron chi connectivity index (χ3n) is 4.50. The van der Waals surface area contributed by atoms with Crippen LogP contribution in [0.4, 0.5) is 0 Å². The minimum atomic E-state index is -3.66. The number of sulfonamides is 1. The largest absolute Gasteiger partial charge is 0.360 e. The van der Waals surface area contributed by atoms with Crippen LogP contribution in [0.3, 0.4) is 0 Å². The van der Waals surface area contributed by atoms with E-state index in [9.17, 15) is 8.42 Å². The number of hydrogen-bond acceptors (Lipinski definition) is 6. The predicted octanol–water partition coefficient (Wildman–Crippen LogP) is 2.50. The van der Waals surface area contributed by atoms with E-state index in [1.807, 2.05) is 30.3 Å². The fourth-order valence-electron chi connectivity index (χ4n) is 3.19. The normalized spacial score (nSPS) is 15.0. The minimum absolute atomic E-state index is 0.155. The van der Waals surface area contributed by atoms with E-state index in [0.717, 1.165) is 16.8 Å². The maximum atomic E-state index is 13.0. The lowest BCUT2D eigenvalue weighted by atomic mass is 10.1. The van der Waals surface area contributed by atoms with E-state index >= 15 is 0 Å². The van der Waals surface area contributed by atoms with Crippen LogP contribution in [0, 0.1) is 13.8 Å². The second-order valence-electron chi connectivity index (χ2n) is 6.27. The molecule has 0 radical (unpaired) electrons. The molecule has 0 fully saturated rings. The summed E-state index contributed by atoms with van der Waals surface area (Å²) in [5, 5.41) is 3.76. The average Bonchev–Trinajstić information content (AvgIpc) is 3.00. The maximum Gasteiger partial charge on any atom is 0.248 e. The van der Waals surface area contributed by atoms with Gasteiger partial charge in [-0.25, -0.2) is 18.4 Å². The molecule has 0 atom stereocenters. The van der Waals surface area contributed by atoms with Crippen molar-refractivity contribution in [3.8, 4) is 11.4 Å². The van der Waals surface area contributed by atoms with Crippen LogP contribution in [-0.4, -0.2) is 34.4 Å². The number of fused-ring (bicyclic) bond motifs is 1. The monoisotopic (exact) mass is 370 g/mol. The van der Waals surface area contributed by atoms with Gasteiger partial charge in [0.05, 0.1) is 5.69 Å². The first-order chi connectivity index (χ1) is 12.5. The zero-order valence-electron chi connectivity index (χ0n) is 14.5. The molecule has 3 heterocycles. The summed E-state index contributed by atoms with van der Waals surface area (Å²) in [4.78, 5) is 9.20. The lowest BCUT2D eigenvalue weighted by molar-refractivity contribution is 0.379. The van der Waals surface area contributed by atoms with E-state index in [0.29, 0.717) is 30.2 Å². The molecule has 0 amide bonds. The first-order valence-corrected chi connectivity index (χ1v) is 9.74. The van der Waals surface area contributed by atoms with Crippen molar-refractivity contribution in [2.75, 3.05) is 6.54 Å². The molecular weight excluding hydrogens is 352 g/mol. The molecule has 0 N–H and O–H groups in total. The third kappa shape index (κ3) is 2.81. The van der Waals surface area contributed by atoms with Crippen LogP contribution in [0.2, 0.25) is 0 Å². The van der Waals surface area contributed by atoms with E-state index in [-0.39, 0.29) is 11.4 Å². The number of aromatic nitrogens is 3. The number of benzene rings is 1. The zero-order valence-corrected chi connectivity index (χ0v) is 15.3. The van der Waals surface area contributed by atoms with Crippen molar-refractivity contribution >= 4 is 10.0 Å². The van der Waals surface area contributed by atoms with Gasteiger partial charge in [-0.2, -0.15) is 4.31 Å². The minimum Gasteiger partial charge on any atom is -0.360 e. The summed E-state index contributed by atoms with van der Waals surface area (Å²) in [7, 11) is -3.66. The SMILES string of the molecule is Cc1noc(C)c1S(=O)(=O)N1CCc2nc(-c3ccccc3)ncc2C1. The third-order valence-corrected chi connectivity index (χ3v) is 6.59. The molecule has 134 valence electrons. The van der Waals surface area contributed by atoms with Gasteiger partial charge in [-0.05, 0) is 13.8 Å². The second-order valence-corrected chi connectivity index (χ2v) is 8.15. The van der Waals surface area contributed by atoms with Gasteiger partial charge >= 0.3 is 0 Å². The lowest BCUT2D eigenvalue weighted by Gasteiger charge is -2.27. The quantitative estimate of drug-likeness (QED) is 0.704. The molecular formula is C18H18N4O3S. The van der Waals surface area contributed by atoms with Gasteiger partial charge in [-0.15, -0.1) is 0 Å². The Morgan fingerprint density at radius 2 is 1.92 bits per heavy atom. The highest BCUT2D eigenvalue weighted by atomic mass is 32.2. The molecule has 0 unspecified atom stereocenters. The Kier molecular flexibility index (Phi) is 4.08. The number of nitrogens with zero attached hydrogens (tertiary/aromatic N) is 4. The Morgan fingerprint density at radius 3 is 2.62 bits per heavy atom. The number of aryl methyl sites for hydroxylation is 2. The van der Waals surface area contributed by atoms with E-state index in [1.165, 1.54) is 4.31 Å².